The first-order chi connectivity index (χ1) is 7.99. The molecule has 1 aliphatic rings. The second kappa shape index (κ2) is 7.34. The van der Waals surface area contributed by atoms with E-state index < -0.39 is 0 Å². The van der Waals surface area contributed by atoms with Gasteiger partial charge in [0.1, 0.15) is 0 Å². The number of nitrogens with zero attached hydrogens (tertiary/aromatic N) is 1. The molecule has 1 saturated heterocycles. The molecule has 2 unspecified atom stereocenters. The van der Waals surface area contributed by atoms with Gasteiger partial charge in [-0.25, -0.2) is 0 Å². The predicted molar refractivity (Wildman–Crippen MR) is 73.4 cm³/mol. The summed E-state index contributed by atoms with van der Waals surface area (Å²) in [5, 5.41) is 3.58. The fourth-order valence-electron chi connectivity index (χ4n) is 2.49. The zero-order chi connectivity index (χ0) is 12.8. The lowest BCUT2D eigenvalue weighted by Crippen LogP contribution is -2.56. The molecule has 0 saturated carbocycles. The lowest BCUT2D eigenvalue weighted by atomic mass is 9.99. The van der Waals surface area contributed by atoms with Crippen molar-refractivity contribution in [3.05, 3.63) is 0 Å². The summed E-state index contributed by atoms with van der Waals surface area (Å²) in [4.78, 5) is 2.60. The summed E-state index contributed by atoms with van der Waals surface area (Å²) in [6.45, 7) is 15.3. The molecule has 0 amide bonds. The molecular weight excluding hydrogens is 212 g/mol. The van der Waals surface area contributed by atoms with Crippen molar-refractivity contribution in [1.82, 2.24) is 10.2 Å². The van der Waals surface area contributed by atoms with Gasteiger partial charge in [0.05, 0.1) is 12.7 Å². The summed E-state index contributed by atoms with van der Waals surface area (Å²) >= 11 is 0. The molecule has 1 N–H and O–H groups in total. The number of hydrogen-bond acceptors (Lipinski definition) is 3. The smallest absolute Gasteiger partial charge is 0.0597 e. The second-order valence-corrected chi connectivity index (χ2v) is 6.01. The summed E-state index contributed by atoms with van der Waals surface area (Å²) in [5.41, 5.74) is 0. The van der Waals surface area contributed by atoms with Crippen LogP contribution in [0.15, 0.2) is 0 Å². The number of rotatable bonds is 6. The van der Waals surface area contributed by atoms with Crippen LogP contribution in [0.1, 0.15) is 41.0 Å². The predicted octanol–water partition coefficient (Wildman–Crippen LogP) is 2.12. The van der Waals surface area contributed by atoms with Crippen LogP contribution in [-0.4, -0.2) is 49.3 Å². The average Bonchev–Trinajstić information content (AvgIpc) is 2.21. The van der Waals surface area contributed by atoms with Crippen LogP contribution in [0.2, 0.25) is 0 Å². The minimum atomic E-state index is 0.346. The van der Waals surface area contributed by atoms with Crippen molar-refractivity contribution in [2.24, 2.45) is 5.92 Å². The Kier molecular flexibility index (Phi) is 6.45. The van der Waals surface area contributed by atoms with Gasteiger partial charge in [0.15, 0.2) is 0 Å². The normalized spacial score (nSPS) is 27.0. The van der Waals surface area contributed by atoms with E-state index >= 15 is 0 Å². The van der Waals surface area contributed by atoms with Crippen molar-refractivity contribution >= 4 is 0 Å². The maximum Gasteiger partial charge on any atom is 0.0597 e. The Bertz CT molecular complexity index is 206. The minimum absolute atomic E-state index is 0.346. The molecule has 3 nitrogen and oxygen atoms in total. The van der Waals surface area contributed by atoms with Gasteiger partial charge in [0.25, 0.3) is 0 Å². The molecule has 0 aromatic carbocycles. The van der Waals surface area contributed by atoms with Crippen molar-refractivity contribution in [2.45, 2.75) is 59.2 Å². The minimum Gasteiger partial charge on any atom is -0.377 e. The molecule has 0 aliphatic carbocycles. The van der Waals surface area contributed by atoms with Gasteiger partial charge in [-0.1, -0.05) is 13.8 Å². The van der Waals surface area contributed by atoms with Gasteiger partial charge in [0.2, 0.25) is 0 Å². The highest BCUT2D eigenvalue weighted by Gasteiger charge is 2.25. The van der Waals surface area contributed by atoms with Crippen LogP contribution in [0, 0.1) is 5.92 Å². The van der Waals surface area contributed by atoms with Crippen molar-refractivity contribution in [3.8, 4) is 0 Å². The zero-order valence-electron chi connectivity index (χ0n) is 12.2. The quantitative estimate of drug-likeness (QED) is 0.772. The summed E-state index contributed by atoms with van der Waals surface area (Å²) in [6, 6.07) is 1.29. The molecule has 0 aromatic heterocycles. The number of ether oxygens (including phenoxy) is 1. The average molecular weight is 242 g/mol. The Hall–Kier alpha value is -0.120. The van der Waals surface area contributed by atoms with Crippen LogP contribution in [0.3, 0.4) is 0 Å². The molecule has 3 heteroatoms. The van der Waals surface area contributed by atoms with E-state index in [0.717, 1.165) is 32.2 Å². The molecule has 0 spiro atoms. The standard InChI is InChI=1S/C14H30N2O/c1-11(2)8-14-9-15-13(5)10-16(14)6-7-17-12(3)4/h11-15H,6-10H2,1-5H3. The third-order valence-electron chi connectivity index (χ3n) is 3.30. The van der Waals surface area contributed by atoms with Gasteiger partial charge in [-0.2, -0.15) is 0 Å². The summed E-state index contributed by atoms with van der Waals surface area (Å²) in [7, 11) is 0. The van der Waals surface area contributed by atoms with Crippen molar-refractivity contribution in [1.29, 1.82) is 0 Å². The lowest BCUT2D eigenvalue weighted by molar-refractivity contribution is 0.0339. The number of hydrogen-bond donors (Lipinski definition) is 1. The molecule has 1 fully saturated rings. The first kappa shape index (κ1) is 14.9. The third-order valence-corrected chi connectivity index (χ3v) is 3.30. The van der Waals surface area contributed by atoms with Crippen molar-refractivity contribution in [2.75, 3.05) is 26.2 Å². The monoisotopic (exact) mass is 242 g/mol. The van der Waals surface area contributed by atoms with E-state index in [0.29, 0.717) is 18.2 Å². The lowest BCUT2D eigenvalue weighted by Gasteiger charge is -2.40. The highest BCUT2D eigenvalue weighted by Crippen LogP contribution is 2.15. The molecule has 0 aromatic rings. The highest BCUT2D eigenvalue weighted by molar-refractivity contribution is 4.84. The van der Waals surface area contributed by atoms with Crippen molar-refractivity contribution in [3.63, 3.8) is 0 Å². The van der Waals surface area contributed by atoms with E-state index in [4.69, 9.17) is 4.74 Å². The number of piperazine rings is 1. The first-order valence-corrected chi connectivity index (χ1v) is 7.08. The summed E-state index contributed by atoms with van der Waals surface area (Å²) in [6.07, 6.45) is 1.63. The molecule has 1 aliphatic heterocycles. The van der Waals surface area contributed by atoms with Gasteiger partial charge >= 0.3 is 0 Å². The number of nitrogens with one attached hydrogen (secondary N) is 1. The van der Waals surface area contributed by atoms with E-state index in [9.17, 15) is 0 Å². The Morgan fingerprint density at radius 2 is 2.00 bits per heavy atom. The molecular formula is C14H30N2O. The van der Waals surface area contributed by atoms with Crippen LogP contribution >= 0.6 is 0 Å². The summed E-state index contributed by atoms with van der Waals surface area (Å²) in [5.74, 6) is 0.767. The first-order valence-electron chi connectivity index (χ1n) is 7.08. The van der Waals surface area contributed by atoms with Gasteiger partial charge in [-0.05, 0) is 33.1 Å². The van der Waals surface area contributed by atoms with Crippen LogP contribution in [0.5, 0.6) is 0 Å². The molecule has 1 rings (SSSR count). The van der Waals surface area contributed by atoms with Gasteiger partial charge in [-0.3, -0.25) is 4.90 Å². The Balaban J connectivity index is 2.38. The molecule has 1 heterocycles. The zero-order valence-corrected chi connectivity index (χ0v) is 12.2. The van der Waals surface area contributed by atoms with E-state index in [1.54, 1.807) is 0 Å². The third kappa shape index (κ3) is 5.84. The highest BCUT2D eigenvalue weighted by atomic mass is 16.5. The van der Waals surface area contributed by atoms with E-state index in [2.05, 4.69) is 44.8 Å². The van der Waals surface area contributed by atoms with Crippen molar-refractivity contribution < 1.29 is 4.74 Å². The van der Waals surface area contributed by atoms with E-state index in [1.807, 2.05) is 0 Å². The van der Waals surface area contributed by atoms with Gasteiger partial charge < -0.3 is 10.1 Å². The van der Waals surface area contributed by atoms with E-state index in [-0.39, 0.29) is 0 Å². The summed E-state index contributed by atoms with van der Waals surface area (Å²) < 4.78 is 5.67. The van der Waals surface area contributed by atoms with E-state index in [1.165, 1.54) is 6.42 Å². The fraction of sp³-hybridized carbons (Fsp3) is 1.00. The molecule has 0 radical (unpaired) electrons. The fourth-order valence-corrected chi connectivity index (χ4v) is 2.49. The largest absolute Gasteiger partial charge is 0.377 e. The maximum atomic E-state index is 5.67. The SMILES string of the molecule is CC(C)CC1CNC(C)CN1CCOC(C)C. The van der Waals surface area contributed by atoms with Crippen LogP contribution in [0.4, 0.5) is 0 Å². The Morgan fingerprint density at radius 3 is 2.59 bits per heavy atom. The molecule has 2 atom stereocenters. The Morgan fingerprint density at radius 1 is 1.29 bits per heavy atom. The maximum absolute atomic E-state index is 5.67. The molecule has 0 bridgehead atoms. The van der Waals surface area contributed by atoms with Gasteiger partial charge in [0, 0.05) is 31.7 Å². The van der Waals surface area contributed by atoms with Crippen LogP contribution in [0.25, 0.3) is 0 Å². The molecule has 102 valence electrons. The Labute approximate surface area is 107 Å². The molecule has 17 heavy (non-hydrogen) atoms. The second-order valence-electron chi connectivity index (χ2n) is 6.01. The van der Waals surface area contributed by atoms with Gasteiger partial charge in [-0.15, -0.1) is 0 Å². The van der Waals surface area contributed by atoms with Crippen LogP contribution in [-0.2, 0) is 4.74 Å². The van der Waals surface area contributed by atoms with Crippen LogP contribution < -0.4 is 5.32 Å². The topological polar surface area (TPSA) is 24.5 Å².